The lowest BCUT2D eigenvalue weighted by Crippen LogP contribution is -2.01. The number of allylic oxidation sites excluding steroid dienone is 1. The standard InChI is InChI=1S/C10H18O2/c1-4-9(2)8-10(11)6-5-7-12-3/h2,4-8H2,1,3H3. The van der Waals surface area contributed by atoms with Crippen LogP contribution in [-0.4, -0.2) is 19.5 Å². The first-order chi connectivity index (χ1) is 5.70. The molecule has 2 heteroatoms. The van der Waals surface area contributed by atoms with Gasteiger partial charge in [-0.25, -0.2) is 0 Å². The Morgan fingerprint density at radius 3 is 2.67 bits per heavy atom. The first-order valence-electron chi connectivity index (χ1n) is 4.38. The number of ketones is 1. The fourth-order valence-electron chi connectivity index (χ4n) is 0.906. The van der Waals surface area contributed by atoms with Gasteiger partial charge in [-0.3, -0.25) is 4.79 Å². The Kier molecular flexibility index (Phi) is 6.67. The highest BCUT2D eigenvalue weighted by atomic mass is 16.5. The van der Waals surface area contributed by atoms with Gasteiger partial charge in [0.1, 0.15) is 5.78 Å². The van der Waals surface area contributed by atoms with Gasteiger partial charge in [0.2, 0.25) is 0 Å². The molecule has 0 saturated carbocycles. The molecule has 0 saturated heterocycles. The molecular formula is C10H18O2. The molecule has 0 atom stereocenters. The Balaban J connectivity index is 3.40. The van der Waals surface area contributed by atoms with Gasteiger partial charge in [0.05, 0.1) is 0 Å². The van der Waals surface area contributed by atoms with Gasteiger partial charge < -0.3 is 4.74 Å². The van der Waals surface area contributed by atoms with Crippen LogP contribution in [0.2, 0.25) is 0 Å². The topological polar surface area (TPSA) is 26.3 Å². The summed E-state index contributed by atoms with van der Waals surface area (Å²) in [6.07, 6.45) is 2.88. The monoisotopic (exact) mass is 170 g/mol. The zero-order valence-electron chi connectivity index (χ0n) is 8.06. The molecule has 0 fully saturated rings. The second-order valence-electron chi connectivity index (χ2n) is 2.92. The molecule has 12 heavy (non-hydrogen) atoms. The summed E-state index contributed by atoms with van der Waals surface area (Å²) in [4.78, 5) is 11.2. The Hall–Kier alpha value is -0.630. The number of hydrogen-bond acceptors (Lipinski definition) is 2. The van der Waals surface area contributed by atoms with E-state index >= 15 is 0 Å². The first-order valence-corrected chi connectivity index (χ1v) is 4.38. The van der Waals surface area contributed by atoms with Crippen molar-refractivity contribution in [2.24, 2.45) is 0 Å². The van der Waals surface area contributed by atoms with Crippen LogP contribution in [-0.2, 0) is 9.53 Å². The molecule has 0 radical (unpaired) electrons. The number of Topliss-reactive ketones (excluding diaryl/α,β-unsaturated/α-hetero) is 1. The molecule has 0 aliphatic carbocycles. The summed E-state index contributed by atoms with van der Waals surface area (Å²) in [5, 5.41) is 0. The van der Waals surface area contributed by atoms with Crippen LogP contribution >= 0.6 is 0 Å². The molecular weight excluding hydrogens is 152 g/mol. The molecule has 0 amide bonds. The van der Waals surface area contributed by atoms with E-state index in [0.29, 0.717) is 19.4 Å². The van der Waals surface area contributed by atoms with E-state index in [2.05, 4.69) is 6.58 Å². The zero-order valence-corrected chi connectivity index (χ0v) is 8.06. The average molecular weight is 170 g/mol. The van der Waals surface area contributed by atoms with Crippen molar-refractivity contribution in [3.63, 3.8) is 0 Å². The minimum atomic E-state index is 0.277. The number of carbonyl (C=O) groups excluding carboxylic acids is 1. The highest BCUT2D eigenvalue weighted by molar-refractivity contribution is 5.80. The lowest BCUT2D eigenvalue weighted by atomic mass is 10.1. The normalized spacial score (nSPS) is 9.83. The van der Waals surface area contributed by atoms with Crippen molar-refractivity contribution in [1.82, 2.24) is 0 Å². The summed E-state index contributed by atoms with van der Waals surface area (Å²) in [6, 6.07) is 0. The maximum Gasteiger partial charge on any atom is 0.137 e. The van der Waals surface area contributed by atoms with Gasteiger partial charge in [-0.15, -0.1) is 0 Å². The van der Waals surface area contributed by atoms with E-state index in [1.54, 1.807) is 7.11 Å². The van der Waals surface area contributed by atoms with Gasteiger partial charge in [-0.2, -0.15) is 0 Å². The molecule has 0 aliphatic heterocycles. The van der Waals surface area contributed by atoms with E-state index in [1.807, 2.05) is 6.92 Å². The predicted molar refractivity (Wildman–Crippen MR) is 50.2 cm³/mol. The van der Waals surface area contributed by atoms with E-state index in [1.165, 1.54) is 0 Å². The van der Waals surface area contributed by atoms with Crippen LogP contribution in [0.4, 0.5) is 0 Å². The first kappa shape index (κ1) is 11.4. The van der Waals surface area contributed by atoms with Crippen molar-refractivity contribution in [3.05, 3.63) is 12.2 Å². The quantitative estimate of drug-likeness (QED) is 0.433. The zero-order chi connectivity index (χ0) is 9.40. The number of ether oxygens (including phenoxy) is 1. The van der Waals surface area contributed by atoms with Crippen molar-refractivity contribution >= 4 is 5.78 Å². The van der Waals surface area contributed by atoms with Crippen molar-refractivity contribution in [2.45, 2.75) is 32.6 Å². The summed E-state index contributed by atoms with van der Waals surface area (Å²) >= 11 is 0. The van der Waals surface area contributed by atoms with Gasteiger partial charge in [0, 0.05) is 26.6 Å². The molecule has 0 aliphatic rings. The van der Waals surface area contributed by atoms with Gasteiger partial charge in [-0.1, -0.05) is 19.1 Å². The van der Waals surface area contributed by atoms with Gasteiger partial charge in [0.15, 0.2) is 0 Å². The second kappa shape index (κ2) is 7.04. The van der Waals surface area contributed by atoms with Crippen molar-refractivity contribution < 1.29 is 9.53 Å². The third-order valence-electron chi connectivity index (χ3n) is 1.75. The summed E-state index contributed by atoms with van der Waals surface area (Å²) < 4.78 is 4.85. The SMILES string of the molecule is C=C(CC)CC(=O)CCCOC. The third-order valence-corrected chi connectivity index (χ3v) is 1.75. The highest BCUT2D eigenvalue weighted by Crippen LogP contribution is 2.06. The van der Waals surface area contributed by atoms with E-state index in [0.717, 1.165) is 18.4 Å². The maximum absolute atomic E-state index is 11.2. The molecule has 0 heterocycles. The van der Waals surface area contributed by atoms with Crippen LogP contribution in [0, 0.1) is 0 Å². The number of rotatable bonds is 7. The van der Waals surface area contributed by atoms with Crippen LogP contribution in [0.15, 0.2) is 12.2 Å². The van der Waals surface area contributed by atoms with Crippen molar-refractivity contribution in [2.75, 3.05) is 13.7 Å². The van der Waals surface area contributed by atoms with Gasteiger partial charge >= 0.3 is 0 Å². The summed E-state index contributed by atoms with van der Waals surface area (Å²) in [5.74, 6) is 0.277. The fraction of sp³-hybridized carbons (Fsp3) is 0.700. The Bertz CT molecular complexity index is 150. The van der Waals surface area contributed by atoms with Gasteiger partial charge in [-0.05, 0) is 12.8 Å². The molecule has 0 N–H and O–H groups in total. The molecule has 0 aromatic heterocycles. The Labute approximate surface area is 74.6 Å². The van der Waals surface area contributed by atoms with E-state index < -0.39 is 0 Å². The number of methoxy groups -OCH3 is 1. The van der Waals surface area contributed by atoms with E-state index in [4.69, 9.17) is 4.74 Å². The molecule has 0 spiro atoms. The van der Waals surface area contributed by atoms with Gasteiger partial charge in [0.25, 0.3) is 0 Å². The molecule has 0 rings (SSSR count). The minimum Gasteiger partial charge on any atom is -0.385 e. The minimum absolute atomic E-state index is 0.277. The molecule has 2 nitrogen and oxygen atoms in total. The van der Waals surface area contributed by atoms with Crippen LogP contribution in [0.25, 0.3) is 0 Å². The smallest absolute Gasteiger partial charge is 0.137 e. The van der Waals surface area contributed by atoms with Crippen LogP contribution in [0.3, 0.4) is 0 Å². The fourth-order valence-corrected chi connectivity index (χ4v) is 0.906. The van der Waals surface area contributed by atoms with Crippen molar-refractivity contribution in [1.29, 1.82) is 0 Å². The molecule has 70 valence electrons. The lowest BCUT2D eigenvalue weighted by molar-refractivity contribution is -0.118. The summed E-state index contributed by atoms with van der Waals surface area (Å²) in [5.41, 5.74) is 1.03. The third kappa shape index (κ3) is 6.10. The molecule has 0 unspecified atom stereocenters. The van der Waals surface area contributed by atoms with Crippen LogP contribution < -0.4 is 0 Å². The average Bonchev–Trinajstić information content (AvgIpc) is 2.05. The summed E-state index contributed by atoms with van der Waals surface area (Å²) in [6.45, 7) is 6.48. The Morgan fingerprint density at radius 2 is 2.17 bits per heavy atom. The number of hydrogen-bond donors (Lipinski definition) is 0. The number of carbonyl (C=O) groups is 1. The van der Waals surface area contributed by atoms with Crippen molar-refractivity contribution in [3.8, 4) is 0 Å². The largest absolute Gasteiger partial charge is 0.385 e. The lowest BCUT2D eigenvalue weighted by Gasteiger charge is -2.01. The van der Waals surface area contributed by atoms with E-state index in [9.17, 15) is 4.79 Å². The van der Waals surface area contributed by atoms with Crippen LogP contribution in [0.1, 0.15) is 32.6 Å². The van der Waals surface area contributed by atoms with E-state index in [-0.39, 0.29) is 5.78 Å². The van der Waals surface area contributed by atoms with Crippen LogP contribution in [0.5, 0.6) is 0 Å². The predicted octanol–water partition coefficient (Wildman–Crippen LogP) is 2.34. The summed E-state index contributed by atoms with van der Waals surface area (Å²) in [7, 11) is 1.65. The highest BCUT2D eigenvalue weighted by Gasteiger charge is 2.02. The molecule has 0 bridgehead atoms. The maximum atomic E-state index is 11.2. The molecule has 0 aromatic rings. The second-order valence-corrected chi connectivity index (χ2v) is 2.92. The molecule has 0 aromatic carbocycles. The Morgan fingerprint density at radius 1 is 1.50 bits per heavy atom.